The lowest BCUT2D eigenvalue weighted by atomic mass is 10.0. The van der Waals surface area contributed by atoms with Gasteiger partial charge in [-0.25, -0.2) is 14.2 Å². The summed E-state index contributed by atoms with van der Waals surface area (Å²) in [5.74, 6) is -1.38. The van der Waals surface area contributed by atoms with Gasteiger partial charge < -0.3 is 5.11 Å². The van der Waals surface area contributed by atoms with Crippen LogP contribution in [0.4, 0.5) is 4.39 Å². The molecule has 0 aliphatic carbocycles. The van der Waals surface area contributed by atoms with Gasteiger partial charge in [-0.15, -0.1) is 0 Å². The van der Waals surface area contributed by atoms with Crippen molar-refractivity contribution in [2.75, 3.05) is 0 Å². The maximum atomic E-state index is 13.0. The molecule has 2 aromatic carbocycles. The first-order chi connectivity index (χ1) is 10.1. The molecule has 1 heterocycles. The quantitative estimate of drug-likeness (QED) is 0.743. The molecule has 3 rings (SSSR count). The average molecular weight is 346 g/mol. The van der Waals surface area contributed by atoms with Crippen LogP contribution in [0.25, 0.3) is 22.2 Å². The highest BCUT2D eigenvalue weighted by Gasteiger charge is 2.15. The zero-order valence-corrected chi connectivity index (χ0v) is 12.3. The second-order valence-electron chi connectivity index (χ2n) is 4.50. The number of benzene rings is 2. The molecule has 1 N–H and O–H groups in total. The fraction of sp³-hybridized carbons (Fsp3) is 0. The van der Waals surface area contributed by atoms with Crippen LogP contribution in [0.3, 0.4) is 0 Å². The van der Waals surface area contributed by atoms with Crippen molar-refractivity contribution in [3.05, 3.63) is 64.4 Å². The van der Waals surface area contributed by atoms with Crippen LogP contribution < -0.4 is 0 Å². The number of nitrogens with zero attached hydrogens (tertiary/aromatic N) is 1. The predicted octanol–water partition coefficient (Wildman–Crippen LogP) is 4.50. The largest absolute Gasteiger partial charge is 0.478 e. The molecule has 0 spiro atoms. The molecule has 104 valence electrons. The first-order valence-electron chi connectivity index (χ1n) is 6.15. The number of carboxylic acid groups (broad SMARTS) is 1. The molecule has 0 bridgehead atoms. The SMILES string of the molecule is O=C(O)c1cc(-c2ccc(F)cc2)nc2cccc(Br)c12. The lowest BCUT2D eigenvalue weighted by Crippen LogP contribution is -2.01. The molecule has 0 saturated heterocycles. The van der Waals surface area contributed by atoms with Crippen LogP contribution in [0.2, 0.25) is 0 Å². The summed E-state index contributed by atoms with van der Waals surface area (Å²) in [5.41, 5.74) is 1.90. The van der Waals surface area contributed by atoms with Crippen molar-refractivity contribution >= 4 is 32.8 Å². The van der Waals surface area contributed by atoms with Gasteiger partial charge in [-0.05, 0) is 42.5 Å². The molecule has 0 radical (unpaired) electrons. The van der Waals surface area contributed by atoms with Gasteiger partial charge in [-0.1, -0.05) is 22.0 Å². The van der Waals surface area contributed by atoms with Gasteiger partial charge in [0.2, 0.25) is 0 Å². The van der Waals surface area contributed by atoms with Crippen molar-refractivity contribution in [1.29, 1.82) is 0 Å². The number of carboxylic acids is 1. The maximum absolute atomic E-state index is 13.0. The smallest absolute Gasteiger partial charge is 0.336 e. The number of halogens is 2. The predicted molar refractivity (Wildman–Crippen MR) is 81.8 cm³/mol. The number of carbonyl (C=O) groups is 1. The third-order valence-corrected chi connectivity index (χ3v) is 3.81. The molecule has 0 amide bonds. The van der Waals surface area contributed by atoms with Crippen molar-refractivity contribution in [3.8, 4) is 11.3 Å². The van der Waals surface area contributed by atoms with Crippen LogP contribution >= 0.6 is 15.9 Å². The van der Waals surface area contributed by atoms with Gasteiger partial charge in [0, 0.05) is 15.4 Å². The van der Waals surface area contributed by atoms with Gasteiger partial charge in [0.25, 0.3) is 0 Å². The van der Waals surface area contributed by atoms with Crippen LogP contribution in [0, 0.1) is 5.82 Å². The minimum atomic E-state index is -1.03. The number of pyridine rings is 1. The first-order valence-corrected chi connectivity index (χ1v) is 6.94. The topological polar surface area (TPSA) is 50.2 Å². The van der Waals surface area contributed by atoms with E-state index in [1.165, 1.54) is 18.2 Å². The van der Waals surface area contributed by atoms with Crippen molar-refractivity contribution in [2.24, 2.45) is 0 Å². The lowest BCUT2D eigenvalue weighted by Gasteiger charge is -2.08. The molecule has 0 aliphatic heterocycles. The number of hydrogen-bond donors (Lipinski definition) is 1. The van der Waals surface area contributed by atoms with E-state index in [4.69, 9.17) is 0 Å². The fourth-order valence-electron chi connectivity index (χ4n) is 2.18. The molecular formula is C16H9BrFNO2. The normalized spacial score (nSPS) is 10.8. The highest BCUT2D eigenvalue weighted by Crippen LogP contribution is 2.30. The second kappa shape index (κ2) is 5.26. The van der Waals surface area contributed by atoms with Crippen LogP contribution in [-0.2, 0) is 0 Å². The number of fused-ring (bicyclic) bond motifs is 1. The Kier molecular flexibility index (Phi) is 3.43. The summed E-state index contributed by atoms with van der Waals surface area (Å²) in [6, 6.07) is 12.6. The highest BCUT2D eigenvalue weighted by atomic mass is 79.9. The molecule has 5 heteroatoms. The summed E-state index contributed by atoms with van der Waals surface area (Å²) < 4.78 is 13.7. The molecular weight excluding hydrogens is 337 g/mol. The van der Waals surface area contributed by atoms with Gasteiger partial charge in [0.05, 0.1) is 16.8 Å². The minimum absolute atomic E-state index is 0.159. The Hall–Kier alpha value is -2.27. The van der Waals surface area contributed by atoms with Crippen LogP contribution in [0.1, 0.15) is 10.4 Å². The van der Waals surface area contributed by atoms with Crippen molar-refractivity contribution in [3.63, 3.8) is 0 Å². The van der Waals surface area contributed by atoms with Crippen LogP contribution in [0.15, 0.2) is 53.0 Å². The van der Waals surface area contributed by atoms with Crippen LogP contribution in [0.5, 0.6) is 0 Å². The number of aromatic carboxylic acids is 1. The number of aromatic nitrogens is 1. The maximum Gasteiger partial charge on any atom is 0.336 e. The minimum Gasteiger partial charge on any atom is -0.478 e. The molecule has 0 saturated carbocycles. The third kappa shape index (κ3) is 2.52. The lowest BCUT2D eigenvalue weighted by molar-refractivity contribution is 0.0699. The molecule has 0 atom stereocenters. The van der Waals surface area contributed by atoms with E-state index < -0.39 is 5.97 Å². The molecule has 3 nitrogen and oxygen atoms in total. The van der Waals surface area contributed by atoms with E-state index in [0.717, 1.165) is 0 Å². The standard InChI is InChI=1S/C16H9BrFNO2/c17-12-2-1-3-13-15(12)11(16(20)21)8-14(19-13)9-4-6-10(18)7-5-9/h1-8H,(H,20,21). The van der Waals surface area contributed by atoms with Crippen molar-refractivity contribution in [2.45, 2.75) is 0 Å². The van der Waals surface area contributed by atoms with Gasteiger partial charge >= 0.3 is 5.97 Å². The van der Waals surface area contributed by atoms with Crippen LogP contribution in [-0.4, -0.2) is 16.1 Å². The Bertz CT molecular complexity index is 847. The summed E-state index contributed by atoms with van der Waals surface area (Å²) in [6.07, 6.45) is 0. The van der Waals surface area contributed by atoms with E-state index >= 15 is 0 Å². The molecule has 0 unspecified atom stereocenters. The summed E-state index contributed by atoms with van der Waals surface area (Å²) in [5, 5.41) is 9.97. The molecule has 0 fully saturated rings. The van der Waals surface area contributed by atoms with Gasteiger partial charge in [-0.2, -0.15) is 0 Å². The van der Waals surface area contributed by atoms with E-state index in [0.29, 0.717) is 26.6 Å². The monoisotopic (exact) mass is 345 g/mol. The van der Waals surface area contributed by atoms with E-state index in [1.807, 2.05) is 0 Å². The highest BCUT2D eigenvalue weighted by molar-refractivity contribution is 9.10. The second-order valence-corrected chi connectivity index (χ2v) is 5.36. The third-order valence-electron chi connectivity index (χ3n) is 3.15. The van der Waals surface area contributed by atoms with E-state index in [9.17, 15) is 14.3 Å². The molecule has 21 heavy (non-hydrogen) atoms. The zero-order valence-electron chi connectivity index (χ0n) is 10.7. The van der Waals surface area contributed by atoms with E-state index in [1.54, 1.807) is 30.3 Å². The number of hydrogen-bond acceptors (Lipinski definition) is 2. The fourth-order valence-corrected chi connectivity index (χ4v) is 2.75. The van der Waals surface area contributed by atoms with E-state index in [-0.39, 0.29) is 11.4 Å². The Morgan fingerprint density at radius 2 is 1.86 bits per heavy atom. The van der Waals surface area contributed by atoms with Gasteiger partial charge in [-0.3, -0.25) is 0 Å². The summed E-state index contributed by atoms with van der Waals surface area (Å²) in [7, 11) is 0. The average Bonchev–Trinajstić information content (AvgIpc) is 2.47. The molecule has 1 aromatic heterocycles. The summed E-state index contributed by atoms with van der Waals surface area (Å²) in [6.45, 7) is 0. The Morgan fingerprint density at radius 1 is 1.14 bits per heavy atom. The van der Waals surface area contributed by atoms with Crippen molar-refractivity contribution < 1.29 is 14.3 Å². The zero-order chi connectivity index (χ0) is 15.0. The first kappa shape index (κ1) is 13.7. The Balaban J connectivity index is 2.31. The Morgan fingerprint density at radius 3 is 2.52 bits per heavy atom. The Labute approximate surface area is 128 Å². The van der Waals surface area contributed by atoms with Gasteiger partial charge in [0.15, 0.2) is 0 Å². The summed E-state index contributed by atoms with van der Waals surface area (Å²) in [4.78, 5) is 16.0. The molecule has 0 aliphatic rings. The van der Waals surface area contributed by atoms with E-state index in [2.05, 4.69) is 20.9 Å². The number of rotatable bonds is 2. The van der Waals surface area contributed by atoms with Crippen molar-refractivity contribution in [1.82, 2.24) is 4.98 Å². The van der Waals surface area contributed by atoms with Gasteiger partial charge in [0.1, 0.15) is 5.82 Å². The summed E-state index contributed by atoms with van der Waals surface area (Å²) >= 11 is 3.35. The molecule has 3 aromatic rings.